The fourth-order valence-electron chi connectivity index (χ4n) is 2.09. The minimum atomic E-state index is -0.185. The molecule has 7 heteroatoms. The first-order valence-corrected chi connectivity index (χ1v) is 8.31. The molecule has 0 bridgehead atoms. The number of carbonyl (C=O) groups excluding carboxylic acids is 1. The number of aromatic nitrogens is 4. The van der Waals surface area contributed by atoms with Crippen LogP contribution in [0.2, 0.25) is 0 Å². The zero-order valence-corrected chi connectivity index (χ0v) is 13.6. The molecule has 1 aromatic carbocycles. The molecule has 0 aliphatic carbocycles. The quantitative estimate of drug-likeness (QED) is 0.754. The SMILES string of the molecule is CCCCc1nnc(NC(=O)c2ccc(-n3cccn3)cc2)s1. The van der Waals surface area contributed by atoms with Crippen molar-refractivity contribution in [3.8, 4) is 5.69 Å². The molecule has 6 nitrogen and oxygen atoms in total. The van der Waals surface area contributed by atoms with Crippen molar-refractivity contribution >= 4 is 22.4 Å². The van der Waals surface area contributed by atoms with Gasteiger partial charge in [0.25, 0.3) is 5.91 Å². The summed E-state index contributed by atoms with van der Waals surface area (Å²) in [6.45, 7) is 2.14. The van der Waals surface area contributed by atoms with Gasteiger partial charge in [-0.2, -0.15) is 5.10 Å². The summed E-state index contributed by atoms with van der Waals surface area (Å²) < 4.78 is 1.74. The molecule has 0 atom stereocenters. The standard InChI is InChI=1S/C16H17N5OS/c1-2-3-5-14-19-20-16(23-14)18-15(22)12-6-8-13(9-7-12)21-11-4-10-17-21/h4,6-11H,2-3,5H2,1H3,(H,18,20,22). The number of hydrogen-bond acceptors (Lipinski definition) is 5. The Hall–Kier alpha value is -2.54. The Kier molecular flexibility index (Phi) is 4.77. The van der Waals surface area contributed by atoms with Gasteiger partial charge in [-0.3, -0.25) is 10.1 Å². The Morgan fingerprint density at radius 2 is 2.09 bits per heavy atom. The average molecular weight is 327 g/mol. The summed E-state index contributed by atoms with van der Waals surface area (Å²) in [6.07, 6.45) is 6.67. The van der Waals surface area contributed by atoms with Gasteiger partial charge in [-0.15, -0.1) is 10.2 Å². The van der Waals surface area contributed by atoms with Crippen molar-refractivity contribution in [3.05, 3.63) is 53.3 Å². The highest BCUT2D eigenvalue weighted by atomic mass is 32.1. The molecule has 0 saturated carbocycles. The van der Waals surface area contributed by atoms with E-state index < -0.39 is 0 Å². The number of rotatable bonds is 6. The normalized spacial score (nSPS) is 10.7. The number of unbranched alkanes of at least 4 members (excludes halogenated alkanes) is 1. The van der Waals surface area contributed by atoms with Crippen molar-refractivity contribution in [1.29, 1.82) is 0 Å². The maximum Gasteiger partial charge on any atom is 0.257 e. The van der Waals surface area contributed by atoms with Gasteiger partial charge in [-0.05, 0) is 36.8 Å². The third-order valence-corrected chi connectivity index (χ3v) is 4.23. The van der Waals surface area contributed by atoms with Crippen LogP contribution in [-0.2, 0) is 6.42 Å². The van der Waals surface area contributed by atoms with Crippen molar-refractivity contribution in [2.75, 3.05) is 5.32 Å². The van der Waals surface area contributed by atoms with Crippen LogP contribution >= 0.6 is 11.3 Å². The Labute approximate surface area is 138 Å². The van der Waals surface area contributed by atoms with Crippen LogP contribution < -0.4 is 5.32 Å². The molecule has 2 aromatic heterocycles. The molecule has 118 valence electrons. The summed E-state index contributed by atoms with van der Waals surface area (Å²) in [5.74, 6) is -0.185. The topological polar surface area (TPSA) is 72.7 Å². The number of hydrogen-bond donors (Lipinski definition) is 1. The van der Waals surface area contributed by atoms with Crippen LogP contribution in [0, 0.1) is 0 Å². The van der Waals surface area contributed by atoms with E-state index in [9.17, 15) is 4.79 Å². The molecule has 23 heavy (non-hydrogen) atoms. The second kappa shape index (κ2) is 7.15. The predicted molar refractivity (Wildman–Crippen MR) is 90.0 cm³/mol. The summed E-state index contributed by atoms with van der Waals surface area (Å²) in [6, 6.07) is 9.10. The first-order valence-electron chi connectivity index (χ1n) is 7.50. The predicted octanol–water partition coefficient (Wildman–Crippen LogP) is 3.32. The average Bonchev–Trinajstić information content (AvgIpc) is 3.25. The lowest BCUT2D eigenvalue weighted by Crippen LogP contribution is -2.11. The second-order valence-electron chi connectivity index (χ2n) is 5.06. The maximum absolute atomic E-state index is 12.2. The van der Waals surface area contributed by atoms with Gasteiger partial charge in [0.2, 0.25) is 5.13 Å². The molecule has 1 N–H and O–H groups in total. The van der Waals surface area contributed by atoms with Crippen LogP contribution in [0.3, 0.4) is 0 Å². The van der Waals surface area contributed by atoms with Gasteiger partial charge in [0.05, 0.1) is 5.69 Å². The van der Waals surface area contributed by atoms with Crippen molar-refractivity contribution in [3.63, 3.8) is 0 Å². The Balaban J connectivity index is 1.65. The van der Waals surface area contributed by atoms with E-state index in [2.05, 4.69) is 27.5 Å². The zero-order valence-electron chi connectivity index (χ0n) is 12.8. The molecule has 0 aliphatic heterocycles. The van der Waals surface area contributed by atoms with E-state index >= 15 is 0 Å². The van der Waals surface area contributed by atoms with Crippen LogP contribution in [0.5, 0.6) is 0 Å². The van der Waals surface area contributed by atoms with Gasteiger partial charge in [0.15, 0.2) is 0 Å². The van der Waals surface area contributed by atoms with E-state index in [1.807, 2.05) is 24.4 Å². The van der Waals surface area contributed by atoms with E-state index in [1.54, 1.807) is 23.0 Å². The molecular formula is C16H17N5OS. The fourth-order valence-corrected chi connectivity index (χ4v) is 2.87. The lowest BCUT2D eigenvalue weighted by molar-refractivity contribution is 0.102. The number of amides is 1. The van der Waals surface area contributed by atoms with Gasteiger partial charge in [0, 0.05) is 24.4 Å². The summed E-state index contributed by atoms with van der Waals surface area (Å²) >= 11 is 1.43. The Bertz CT molecular complexity index is 764. The minimum absolute atomic E-state index is 0.185. The van der Waals surface area contributed by atoms with E-state index in [0.29, 0.717) is 10.7 Å². The highest BCUT2D eigenvalue weighted by Crippen LogP contribution is 2.18. The van der Waals surface area contributed by atoms with Crippen LogP contribution in [0.1, 0.15) is 35.1 Å². The monoisotopic (exact) mass is 327 g/mol. The molecule has 0 unspecified atom stereocenters. The van der Waals surface area contributed by atoms with E-state index in [1.165, 1.54) is 11.3 Å². The first-order chi connectivity index (χ1) is 11.3. The molecule has 0 saturated heterocycles. The maximum atomic E-state index is 12.2. The highest BCUT2D eigenvalue weighted by Gasteiger charge is 2.10. The third-order valence-electron chi connectivity index (χ3n) is 3.33. The molecule has 2 heterocycles. The fraction of sp³-hybridized carbons (Fsp3) is 0.250. The number of nitrogens with zero attached hydrogens (tertiary/aromatic N) is 4. The van der Waals surface area contributed by atoms with Crippen LogP contribution in [0.25, 0.3) is 5.69 Å². The lowest BCUT2D eigenvalue weighted by Gasteiger charge is -2.04. The van der Waals surface area contributed by atoms with Gasteiger partial charge >= 0.3 is 0 Å². The summed E-state index contributed by atoms with van der Waals surface area (Å²) in [7, 11) is 0. The minimum Gasteiger partial charge on any atom is -0.296 e. The third kappa shape index (κ3) is 3.81. The van der Waals surface area contributed by atoms with Gasteiger partial charge in [-0.25, -0.2) is 4.68 Å². The molecule has 1 amide bonds. The van der Waals surface area contributed by atoms with E-state index in [-0.39, 0.29) is 5.91 Å². The van der Waals surface area contributed by atoms with Gasteiger partial charge < -0.3 is 0 Å². The molecular weight excluding hydrogens is 310 g/mol. The lowest BCUT2D eigenvalue weighted by atomic mass is 10.2. The van der Waals surface area contributed by atoms with Crippen LogP contribution in [0.4, 0.5) is 5.13 Å². The molecule has 3 aromatic rings. The van der Waals surface area contributed by atoms with Gasteiger partial charge in [-0.1, -0.05) is 24.7 Å². The molecule has 0 radical (unpaired) electrons. The van der Waals surface area contributed by atoms with Crippen molar-refractivity contribution in [2.24, 2.45) is 0 Å². The van der Waals surface area contributed by atoms with Gasteiger partial charge in [0.1, 0.15) is 5.01 Å². The van der Waals surface area contributed by atoms with Crippen molar-refractivity contribution < 1.29 is 4.79 Å². The number of benzene rings is 1. The second-order valence-corrected chi connectivity index (χ2v) is 6.12. The smallest absolute Gasteiger partial charge is 0.257 e. The van der Waals surface area contributed by atoms with Crippen molar-refractivity contribution in [1.82, 2.24) is 20.0 Å². The molecule has 0 spiro atoms. The van der Waals surface area contributed by atoms with E-state index in [0.717, 1.165) is 30.0 Å². The van der Waals surface area contributed by atoms with Crippen molar-refractivity contribution in [2.45, 2.75) is 26.2 Å². The Morgan fingerprint density at radius 3 is 2.78 bits per heavy atom. The summed E-state index contributed by atoms with van der Waals surface area (Å²) in [4.78, 5) is 12.2. The zero-order chi connectivity index (χ0) is 16.1. The largest absolute Gasteiger partial charge is 0.296 e. The first kappa shape index (κ1) is 15.4. The highest BCUT2D eigenvalue weighted by molar-refractivity contribution is 7.15. The Morgan fingerprint density at radius 1 is 1.26 bits per heavy atom. The molecule has 0 aliphatic rings. The molecule has 0 fully saturated rings. The van der Waals surface area contributed by atoms with Crippen LogP contribution in [0.15, 0.2) is 42.7 Å². The summed E-state index contributed by atoms with van der Waals surface area (Å²) in [5.41, 5.74) is 1.48. The number of anilines is 1. The number of carbonyl (C=O) groups is 1. The summed E-state index contributed by atoms with van der Waals surface area (Å²) in [5, 5.41) is 16.5. The molecule has 3 rings (SSSR count). The van der Waals surface area contributed by atoms with Crippen LogP contribution in [-0.4, -0.2) is 25.9 Å². The van der Waals surface area contributed by atoms with E-state index in [4.69, 9.17) is 0 Å². The number of aryl methyl sites for hydroxylation is 1. The number of nitrogens with one attached hydrogen (secondary N) is 1.